The van der Waals surface area contributed by atoms with Crippen molar-refractivity contribution in [2.75, 3.05) is 0 Å². The van der Waals surface area contributed by atoms with Crippen LogP contribution in [0.4, 0.5) is 0 Å². The summed E-state index contributed by atoms with van der Waals surface area (Å²) in [4.78, 5) is 19.0. The summed E-state index contributed by atoms with van der Waals surface area (Å²) in [5.74, 6) is 0.478. The maximum absolute atomic E-state index is 11.6. The Labute approximate surface area is 140 Å². The SMILES string of the molecule is CCc1c(-c2ncc[nH]2)ccc(C(=O)O)c1COc1ccccc1. The molecule has 3 rings (SSSR count). The summed E-state index contributed by atoms with van der Waals surface area (Å²) in [6, 6.07) is 12.8. The van der Waals surface area contributed by atoms with Crippen molar-refractivity contribution in [2.24, 2.45) is 0 Å². The number of rotatable bonds is 6. The highest BCUT2D eigenvalue weighted by Crippen LogP contribution is 2.28. The zero-order valence-corrected chi connectivity index (χ0v) is 13.3. The molecule has 0 spiro atoms. The minimum Gasteiger partial charge on any atom is -0.489 e. The number of hydrogen-bond donors (Lipinski definition) is 2. The molecule has 0 bridgehead atoms. The highest BCUT2D eigenvalue weighted by Gasteiger charge is 2.19. The lowest BCUT2D eigenvalue weighted by Gasteiger charge is -2.16. The lowest BCUT2D eigenvalue weighted by atomic mass is 9.94. The van der Waals surface area contributed by atoms with Gasteiger partial charge in [0, 0.05) is 23.5 Å². The van der Waals surface area contributed by atoms with E-state index in [-0.39, 0.29) is 12.2 Å². The highest BCUT2D eigenvalue weighted by molar-refractivity contribution is 5.91. The van der Waals surface area contributed by atoms with E-state index in [1.165, 1.54) is 0 Å². The van der Waals surface area contributed by atoms with Crippen molar-refractivity contribution in [2.45, 2.75) is 20.0 Å². The van der Waals surface area contributed by atoms with Gasteiger partial charge in [0.15, 0.2) is 0 Å². The highest BCUT2D eigenvalue weighted by atomic mass is 16.5. The van der Waals surface area contributed by atoms with Crippen LogP contribution in [0.5, 0.6) is 5.75 Å². The summed E-state index contributed by atoms with van der Waals surface area (Å²) >= 11 is 0. The molecule has 2 aromatic carbocycles. The minimum absolute atomic E-state index is 0.198. The van der Waals surface area contributed by atoms with E-state index >= 15 is 0 Å². The zero-order valence-electron chi connectivity index (χ0n) is 13.3. The van der Waals surface area contributed by atoms with Crippen molar-refractivity contribution in [1.29, 1.82) is 0 Å². The van der Waals surface area contributed by atoms with Crippen molar-refractivity contribution in [1.82, 2.24) is 9.97 Å². The molecule has 1 heterocycles. The van der Waals surface area contributed by atoms with Gasteiger partial charge in [-0.25, -0.2) is 9.78 Å². The summed E-state index contributed by atoms with van der Waals surface area (Å²) in [6.45, 7) is 2.20. The number of hydrogen-bond acceptors (Lipinski definition) is 3. The molecule has 0 aliphatic carbocycles. The first kappa shape index (κ1) is 15.8. The molecular weight excluding hydrogens is 304 g/mol. The molecule has 1 aromatic heterocycles. The zero-order chi connectivity index (χ0) is 16.9. The van der Waals surface area contributed by atoms with E-state index < -0.39 is 5.97 Å². The van der Waals surface area contributed by atoms with Crippen molar-refractivity contribution in [3.05, 3.63) is 71.5 Å². The summed E-state index contributed by atoms with van der Waals surface area (Å²) < 4.78 is 5.80. The van der Waals surface area contributed by atoms with E-state index in [0.29, 0.717) is 17.7 Å². The molecule has 0 aliphatic rings. The second-order valence-corrected chi connectivity index (χ2v) is 5.32. The van der Waals surface area contributed by atoms with E-state index in [4.69, 9.17) is 4.74 Å². The van der Waals surface area contributed by atoms with Gasteiger partial charge in [-0.15, -0.1) is 0 Å². The number of aromatic nitrogens is 2. The van der Waals surface area contributed by atoms with E-state index in [1.54, 1.807) is 24.5 Å². The number of ether oxygens (including phenoxy) is 1. The van der Waals surface area contributed by atoms with Gasteiger partial charge in [0.05, 0.1) is 5.56 Å². The Kier molecular flexibility index (Phi) is 4.61. The normalized spacial score (nSPS) is 10.5. The summed E-state index contributed by atoms with van der Waals surface area (Å²) in [5.41, 5.74) is 2.78. The van der Waals surface area contributed by atoms with E-state index in [9.17, 15) is 9.90 Å². The molecule has 0 atom stereocenters. The van der Waals surface area contributed by atoms with Crippen LogP contribution in [-0.4, -0.2) is 21.0 Å². The number of aromatic carboxylic acids is 1. The molecule has 0 aliphatic heterocycles. The molecule has 0 amide bonds. The summed E-state index contributed by atoms with van der Waals surface area (Å²) in [7, 11) is 0. The van der Waals surface area contributed by atoms with Crippen LogP contribution in [0.1, 0.15) is 28.4 Å². The number of aromatic amines is 1. The average molecular weight is 322 g/mol. The van der Waals surface area contributed by atoms with Gasteiger partial charge in [-0.2, -0.15) is 0 Å². The molecule has 0 fully saturated rings. The third-order valence-electron chi connectivity index (χ3n) is 3.89. The number of benzene rings is 2. The Morgan fingerprint density at radius 1 is 1.17 bits per heavy atom. The predicted molar refractivity (Wildman–Crippen MR) is 91.1 cm³/mol. The van der Waals surface area contributed by atoms with Crippen molar-refractivity contribution < 1.29 is 14.6 Å². The first-order valence-electron chi connectivity index (χ1n) is 7.76. The number of carboxylic acid groups (broad SMARTS) is 1. The van der Waals surface area contributed by atoms with Crippen LogP contribution in [0, 0.1) is 0 Å². The third kappa shape index (κ3) is 3.15. The summed E-state index contributed by atoms with van der Waals surface area (Å²) in [6.07, 6.45) is 4.12. The Balaban J connectivity index is 2.03. The third-order valence-corrected chi connectivity index (χ3v) is 3.89. The molecule has 3 aromatic rings. The monoisotopic (exact) mass is 322 g/mol. The Bertz CT molecular complexity index is 827. The lowest BCUT2D eigenvalue weighted by molar-refractivity contribution is 0.0693. The van der Waals surface area contributed by atoms with Crippen LogP contribution in [0.25, 0.3) is 11.4 Å². The lowest BCUT2D eigenvalue weighted by Crippen LogP contribution is -2.10. The number of imidazole rings is 1. The molecule has 24 heavy (non-hydrogen) atoms. The number of H-pyrrole nitrogens is 1. The molecule has 5 nitrogen and oxygen atoms in total. The van der Waals surface area contributed by atoms with Gasteiger partial charge in [0.1, 0.15) is 18.2 Å². The first-order valence-corrected chi connectivity index (χ1v) is 7.76. The van der Waals surface area contributed by atoms with Gasteiger partial charge in [-0.05, 0) is 30.2 Å². The Morgan fingerprint density at radius 2 is 1.96 bits per heavy atom. The van der Waals surface area contributed by atoms with Crippen LogP contribution in [0.2, 0.25) is 0 Å². The topological polar surface area (TPSA) is 75.2 Å². The van der Waals surface area contributed by atoms with Crippen LogP contribution < -0.4 is 4.74 Å². The molecule has 5 heteroatoms. The standard InChI is InChI=1S/C19H18N2O3/c1-2-14-15(18-20-10-11-21-18)8-9-16(19(22)23)17(14)12-24-13-6-4-3-5-7-13/h3-11H,2,12H2,1H3,(H,20,21)(H,22,23). The fourth-order valence-corrected chi connectivity index (χ4v) is 2.77. The molecule has 122 valence electrons. The van der Waals surface area contributed by atoms with Crippen LogP contribution in [0.15, 0.2) is 54.9 Å². The number of nitrogens with one attached hydrogen (secondary N) is 1. The fourth-order valence-electron chi connectivity index (χ4n) is 2.77. The molecule has 0 radical (unpaired) electrons. The second-order valence-electron chi connectivity index (χ2n) is 5.32. The van der Waals surface area contributed by atoms with Crippen LogP contribution in [-0.2, 0) is 13.0 Å². The van der Waals surface area contributed by atoms with Gasteiger partial charge >= 0.3 is 5.97 Å². The van der Waals surface area contributed by atoms with E-state index in [2.05, 4.69) is 9.97 Å². The van der Waals surface area contributed by atoms with Crippen LogP contribution >= 0.6 is 0 Å². The first-order chi connectivity index (χ1) is 11.7. The molecule has 0 saturated heterocycles. The second kappa shape index (κ2) is 7.00. The predicted octanol–water partition coefficient (Wildman–Crippen LogP) is 3.92. The molecule has 2 N–H and O–H groups in total. The van der Waals surface area contributed by atoms with Crippen LogP contribution in [0.3, 0.4) is 0 Å². The summed E-state index contributed by atoms with van der Waals surface area (Å²) in [5, 5.41) is 9.53. The maximum Gasteiger partial charge on any atom is 0.336 e. The van der Waals surface area contributed by atoms with Gasteiger partial charge in [0.2, 0.25) is 0 Å². The maximum atomic E-state index is 11.6. The van der Waals surface area contributed by atoms with Gasteiger partial charge < -0.3 is 14.8 Å². The molecule has 0 saturated carbocycles. The smallest absolute Gasteiger partial charge is 0.336 e. The number of nitrogens with zero attached hydrogens (tertiary/aromatic N) is 1. The van der Waals surface area contributed by atoms with Crippen molar-refractivity contribution in [3.8, 4) is 17.1 Å². The molecule has 0 unspecified atom stereocenters. The van der Waals surface area contributed by atoms with Crippen molar-refractivity contribution in [3.63, 3.8) is 0 Å². The van der Waals surface area contributed by atoms with Gasteiger partial charge in [0.25, 0.3) is 0 Å². The number of carbonyl (C=O) groups is 1. The molecular formula is C19H18N2O3. The Hall–Kier alpha value is -3.08. The largest absolute Gasteiger partial charge is 0.489 e. The van der Waals surface area contributed by atoms with Gasteiger partial charge in [-0.3, -0.25) is 0 Å². The Morgan fingerprint density at radius 3 is 2.58 bits per heavy atom. The van der Waals surface area contributed by atoms with Gasteiger partial charge in [-0.1, -0.05) is 31.2 Å². The average Bonchev–Trinajstić information content (AvgIpc) is 3.14. The fraction of sp³-hybridized carbons (Fsp3) is 0.158. The number of carboxylic acids is 1. The van der Waals surface area contributed by atoms with E-state index in [1.807, 2.05) is 37.3 Å². The van der Waals surface area contributed by atoms with E-state index in [0.717, 1.165) is 17.0 Å². The number of para-hydroxylation sites is 1. The quantitative estimate of drug-likeness (QED) is 0.721. The van der Waals surface area contributed by atoms with Crippen molar-refractivity contribution >= 4 is 5.97 Å². The minimum atomic E-state index is -0.956.